The van der Waals surface area contributed by atoms with Crippen LogP contribution in [0, 0.1) is 17.8 Å². The van der Waals surface area contributed by atoms with E-state index in [4.69, 9.17) is 0 Å². The zero-order valence-corrected chi connectivity index (χ0v) is 26.3. The topological polar surface area (TPSA) is 146 Å². The second kappa shape index (κ2) is 14.4. The van der Waals surface area contributed by atoms with Crippen LogP contribution in [-0.4, -0.2) is 71.2 Å². The molecule has 2 fully saturated rings. The third kappa shape index (κ3) is 8.61. The number of carbonyl (C=O) groups excluding carboxylic acids is 2. The summed E-state index contributed by atoms with van der Waals surface area (Å²) in [6, 6.07) is 7.37. The number of carbonyl (C=O) groups is 2. The molecule has 1 aromatic heterocycles. The van der Waals surface area contributed by atoms with Crippen LogP contribution >= 0.6 is 11.3 Å². The van der Waals surface area contributed by atoms with E-state index in [1.165, 1.54) is 17.8 Å². The monoisotopic (exact) mass is 619 g/mol. The smallest absolute Gasteiger partial charge is 0.243 e. The molecule has 0 radical (unpaired) electrons. The Morgan fingerprint density at radius 3 is 2.36 bits per heavy atom. The van der Waals surface area contributed by atoms with Crippen molar-refractivity contribution >= 4 is 33.0 Å². The van der Waals surface area contributed by atoms with E-state index < -0.39 is 63.0 Å². The SMILES string of the molecule is CC(C)C[C@H](O)[C@H](O)[C@H](CC1CCCCC1)NC(=O)[C@H](Cc1cscn1)NC(=O)[C@H]1[C@H](c2ccccc2)[C@@H]1S(C)(=O)=O. The van der Waals surface area contributed by atoms with Crippen molar-refractivity contribution in [3.63, 3.8) is 0 Å². The quantitative estimate of drug-likeness (QED) is 0.254. The molecule has 4 N–H and O–H groups in total. The highest BCUT2D eigenvalue weighted by Gasteiger charge is 2.61. The molecule has 9 nitrogen and oxygen atoms in total. The minimum absolute atomic E-state index is 0.119. The Bertz CT molecular complexity index is 1260. The lowest BCUT2D eigenvalue weighted by molar-refractivity contribution is -0.131. The molecule has 232 valence electrons. The van der Waals surface area contributed by atoms with Gasteiger partial charge in [-0.05, 0) is 30.2 Å². The molecule has 11 heteroatoms. The van der Waals surface area contributed by atoms with Gasteiger partial charge in [0.2, 0.25) is 11.8 Å². The number of aromatic nitrogens is 1. The second-order valence-electron chi connectivity index (χ2n) is 12.5. The molecule has 2 aliphatic rings. The van der Waals surface area contributed by atoms with Gasteiger partial charge in [-0.3, -0.25) is 9.59 Å². The zero-order valence-electron chi connectivity index (χ0n) is 24.7. The Labute approximate surface area is 253 Å². The predicted octanol–water partition coefficient (Wildman–Crippen LogP) is 3.22. The summed E-state index contributed by atoms with van der Waals surface area (Å²) in [5.41, 5.74) is 3.04. The van der Waals surface area contributed by atoms with Crippen molar-refractivity contribution in [3.05, 3.63) is 52.5 Å². The lowest BCUT2D eigenvalue weighted by Gasteiger charge is -2.33. The first-order valence-corrected chi connectivity index (χ1v) is 17.9. The number of nitrogens with one attached hydrogen (secondary N) is 2. The van der Waals surface area contributed by atoms with E-state index in [0.717, 1.165) is 37.5 Å². The molecule has 0 unspecified atom stereocenters. The van der Waals surface area contributed by atoms with Gasteiger partial charge in [-0.2, -0.15) is 0 Å². The second-order valence-corrected chi connectivity index (χ2v) is 15.5. The number of nitrogens with zero attached hydrogens (tertiary/aromatic N) is 1. The van der Waals surface area contributed by atoms with Crippen molar-refractivity contribution in [2.45, 2.75) is 101 Å². The molecule has 0 bridgehead atoms. The molecule has 2 aliphatic carbocycles. The minimum Gasteiger partial charge on any atom is -0.390 e. The molecule has 2 saturated carbocycles. The molecule has 2 aromatic rings. The molecule has 0 saturated heterocycles. The van der Waals surface area contributed by atoms with E-state index in [9.17, 15) is 28.2 Å². The van der Waals surface area contributed by atoms with Crippen LogP contribution in [0.2, 0.25) is 0 Å². The fourth-order valence-corrected chi connectivity index (χ4v) is 8.63. The first kappa shape index (κ1) is 32.6. The summed E-state index contributed by atoms with van der Waals surface area (Å²) in [6.07, 6.45) is 5.42. The number of hydrogen-bond acceptors (Lipinski definition) is 8. The fraction of sp³-hybridized carbons (Fsp3) is 0.645. The number of amides is 2. The molecular weight excluding hydrogens is 574 g/mol. The minimum atomic E-state index is -3.53. The summed E-state index contributed by atoms with van der Waals surface area (Å²) in [4.78, 5) is 31.7. The summed E-state index contributed by atoms with van der Waals surface area (Å²) < 4.78 is 25.2. The molecule has 0 spiro atoms. The van der Waals surface area contributed by atoms with Crippen molar-refractivity contribution in [3.8, 4) is 0 Å². The number of aliphatic hydroxyl groups is 2. The first-order valence-electron chi connectivity index (χ1n) is 15.0. The van der Waals surface area contributed by atoms with Crippen molar-refractivity contribution in [2.24, 2.45) is 17.8 Å². The van der Waals surface area contributed by atoms with Crippen LogP contribution in [0.4, 0.5) is 0 Å². The van der Waals surface area contributed by atoms with E-state index >= 15 is 0 Å². The van der Waals surface area contributed by atoms with Crippen LogP contribution in [0.1, 0.15) is 76.0 Å². The van der Waals surface area contributed by atoms with Crippen LogP contribution in [0.25, 0.3) is 0 Å². The number of thiazole rings is 1. The molecular formula is C31H45N3O6S2. The molecule has 2 amide bonds. The van der Waals surface area contributed by atoms with Gasteiger partial charge in [0.05, 0.1) is 34.5 Å². The van der Waals surface area contributed by atoms with Crippen molar-refractivity contribution in [1.82, 2.24) is 15.6 Å². The summed E-state index contributed by atoms with van der Waals surface area (Å²) in [5, 5.41) is 28.7. The lowest BCUT2D eigenvalue weighted by atomic mass is 9.82. The average molecular weight is 620 g/mol. The Hall–Kier alpha value is -2.34. The molecule has 7 atom stereocenters. The van der Waals surface area contributed by atoms with Gasteiger partial charge in [0.1, 0.15) is 12.1 Å². The Balaban J connectivity index is 1.54. The first-order chi connectivity index (χ1) is 20.0. The Morgan fingerprint density at radius 2 is 1.76 bits per heavy atom. The number of hydrogen-bond donors (Lipinski definition) is 4. The van der Waals surface area contributed by atoms with Crippen LogP contribution < -0.4 is 10.6 Å². The predicted molar refractivity (Wildman–Crippen MR) is 164 cm³/mol. The maximum absolute atomic E-state index is 13.8. The highest BCUT2D eigenvalue weighted by molar-refractivity contribution is 7.91. The highest BCUT2D eigenvalue weighted by atomic mass is 32.2. The average Bonchev–Trinajstić information content (AvgIpc) is 3.53. The third-order valence-electron chi connectivity index (χ3n) is 8.62. The third-order valence-corrected chi connectivity index (χ3v) is 10.8. The number of sulfone groups is 1. The molecule has 42 heavy (non-hydrogen) atoms. The standard InChI is InChI=1S/C31H45N3O6S2/c1-19(2)14-25(35)28(36)23(15-20-10-6-4-7-11-20)33-30(37)24(16-22-17-41-18-32-22)34-31(38)27-26(29(27)42(3,39)40)21-12-8-5-9-13-21/h5,8-9,12-13,17-20,23-29,35-36H,4,6-7,10-11,14-16H2,1-3H3,(H,33,37)(H,34,38)/t23-,24-,25-,26-,27-,28+,29-/m0/s1. The van der Waals surface area contributed by atoms with Crippen LogP contribution in [0.3, 0.4) is 0 Å². The van der Waals surface area contributed by atoms with E-state index in [2.05, 4.69) is 15.6 Å². The number of aliphatic hydroxyl groups excluding tert-OH is 2. The maximum Gasteiger partial charge on any atom is 0.243 e. The summed E-state index contributed by atoms with van der Waals surface area (Å²) in [7, 11) is -3.53. The maximum atomic E-state index is 13.8. The highest BCUT2D eigenvalue weighted by Crippen LogP contribution is 2.52. The van der Waals surface area contributed by atoms with Crippen molar-refractivity contribution in [2.75, 3.05) is 6.26 Å². The van der Waals surface area contributed by atoms with Crippen LogP contribution in [0.15, 0.2) is 41.2 Å². The number of rotatable bonds is 14. The van der Waals surface area contributed by atoms with Gasteiger partial charge in [0, 0.05) is 24.0 Å². The van der Waals surface area contributed by atoms with Gasteiger partial charge in [-0.25, -0.2) is 13.4 Å². The van der Waals surface area contributed by atoms with E-state index in [-0.39, 0.29) is 12.3 Å². The van der Waals surface area contributed by atoms with Crippen LogP contribution in [0.5, 0.6) is 0 Å². The van der Waals surface area contributed by atoms with Gasteiger partial charge >= 0.3 is 0 Å². The Kier molecular flexibility index (Phi) is 11.2. The molecule has 4 rings (SSSR count). The molecule has 1 heterocycles. The van der Waals surface area contributed by atoms with Crippen molar-refractivity contribution < 1.29 is 28.2 Å². The van der Waals surface area contributed by atoms with E-state index in [1.54, 1.807) is 10.9 Å². The van der Waals surface area contributed by atoms with Gasteiger partial charge in [0.25, 0.3) is 0 Å². The zero-order chi connectivity index (χ0) is 30.4. The summed E-state index contributed by atoms with van der Waals surface area (Å²) >= 11 is 1.38. The van der Waals surface area contributed by atoms with Gasteiger partial charge in [-0.15, -0.1) is 11.3 Å². The molecule has 1 aromatic carbocycles. The summed E-state index contributed by atoms with van der Waals surface area (Å²) in [5.74, 6) is -1.80. The Morgan fingerprint density at radius 1 is 1.07 bits per heavy atom. The largest absolute Gasteiger partial charge is 0.390 e. The van der Waals surface area contributed by atoms with Gasteiger partial charge in [0.15, 0.2) is 9.84 Å². The lowest BCUT2D eigenvalue weighted by Crippen LogP contribution is -2.56. The normalized spacial score (nSPS) is 24.0. The van der Waals surface area contributed by atoms with E-state index in [0.29, 0.717) is 24.5 Å². The van der Waals surface area contributed by atoms with E-state index in [1.807, 2.05) is 44.2 Å². The van der Waals surface area contributed by atoms with Gasteiger partial charge < -0.3 is 20.8 Å². The summed E-state index contributed by atoms with van der Waals surface area (Å²) in [6.45, 7) is 3.93. The van der Waals surface area contributed by atoms with Gasteiger partial charge in [-0.1, -0.05) is 76.3 Å². The molecule has 0 aliphatic heterocycles. The van der Waals surface area contributed by atoms with Crippen LogP contribution in [-0.2, 0) is 25.8 Å². The number of benzene rings is 1. The van der Waals surface area contributed by atoms with Crippen molar-refractivity contribution in [1.29, 1.82) is 0 Å². The fourth-order valence-electron chi connectivity index (χ4n) is 6.46.